The molecule has 6 heteroatoms. The predicted octanol–water partition coefficient (Wildman–Crippen LogP) is 0.0420. The van der Waals surface area contributed by atoms with Crippen molar-refractivity contribution in [1.29, 1.82) is 0 Å². The van der Waals surface area contributed by atoms with Crippen LogP contribution in [0.1, 0.15) is 6.42 Å². The molecule has 17 heavy (non-hydrogen) atoms. The molecule has 0 radical (unpaired) electrons. The maximum atomic E-state index is 11.7. The first-order chi connectivity index (χ1) is 8.01. The van der Waals surface area contributed by atoms with Crippen LogP contribution < -0.4 is 5.32 Å². The molecule has 0 fully saturated rings. The third-order valence-electron chi connectivity index (χ3n) is 2.81. The molecule has 0 aromatic rings. The zero-order chi connectivity index (χ0) is 12.6. The molecule has 0 bridgehead atoms. The van der Waals surface area contributed by atoms with E-state index in [-0.39, 0.29) is 5.57 Å². The number of carbonyl (C=O) groups excluding carboxylic acids is 1. The van der Waals surface area contributed by atoms with Crippen molar-refractivity contribution in [2.24, 2.45) is 5.41 Å². The fraction of sp³-hybridized carbons (Fsp3) is 0.182. The number of aliphatic carboxylic acids is 2. The van der Waals surface area contributed by atoms with E-state index in [1.165, 1.54) is 12.2 Å². The van der Waals surface area contributed by atoms with Gasteiger partial charge in [0.25, 0.3) is 11.3 Å². The minimum absolute atomic E-state index is 0.00694. The molecule has 2 rings (SSSR count). The minimum atomic E-state index is -2.53. The van der Waals surface area contributed by atoms with E-state index < -0.39 is 23.3 Å². The standard InChI is InChI=1S/C11H9NO5/c13-8-11(9(14)15,10(16)17)6-4-2-1-3-5-7(6)12-8/h1-4H,5H2,(H,12,13)(H,14,15)(H,16,17). The SMILES string of the molecule is O=C(O)C1(C(=O)O)C(=O)NC2=C1C=CC=CC2. The Bertz CT molecular complexity index is 498. The van der Waals surface area contributed by atoms with Crippen LogP contribution in [0.5, 0.6) is 0 Å². The van der Waals surface area contributed by atoms with Crippen molar-refractivity contribution >= 4 is 17.8 Å². The number of carboxylic acids is 2. The molecule has 1 heterocycles. The lowest BCUT2D eigenvalue weighted by molar-refractivity contribution is -0.164. The van der Waals surface area contributed by atoms with Crippen LogP contribution in [0.4, 0.5) is 0 Å². The van der Waals surface area contributed by atoms with E-state index in [1.54, 1.807) is 12.2 Å². The second-order valence-electron chi connectivity index (χ2n) is 3.70. The Morgan fingerprint density at radius 1 is 1.24 bits per heavy atom. The van der Waals surface area contributed by atoms with Gasteiger partial charge in [0.05, 0.1) is 0 Å². The number of nitrogens with one attached hydrogen (secondary N) is 1. The average Bonchev–Trinajstić information content (AvgIpc) is 2.39. The van der Waals surface area contributed by atoms with Crippen molar-refractivity contribution in [2.75, 3.05) is 0 Å². The van der Waals surface area contributed by atoms with Gasteiger partial charge in [-0.2, -0.15) is 0 Å². The second-order valence-corrected chi connectivity index (χ2v) is 3.70. The summed E-state index contributed by atoms with van der Waals surface area (Å²) < 4.78 is 0. The van der Waals surface area contributed by atoms with Crippen molar-refractivity contribution in [3.8, 4) is 0 Å². The third kappa shape index (κ3) is 1.30. The normalized spacial score (nSPS) is 20.8. The summed E-state index contributed by atoms with van der Waals surface area (Å²) in [6.07, 6.45) is 6.54. The van der Waals surface area contributed by atoms with E-state index >= 15 is 0 Å². The highest BCUT2D eigenvalue weighted by Gasteiger charge is 2.60. The molecule has 6 nitrogen and oxygen atoms in total. The van der Waals surface area contributed by atoms with Gasteiger partial charge in [-0.25, -0.2) is 0 Å². The summed E-state index contributed by atoms with van der Waals surface area (Å²) in [5, 5.41) is 20.5. The van der Waals surface area contributed by atoms with Crippen molar-refractivity contribution in [3.05, 3.63) is 35.6 Å². The molecule has 1 aliphatic carbocycles. The van der Waals surface area contributed by atoms with Gasteiger partial charge in [-0.3, -0.25) is 14.4 Å². The lowest BCUT2D eigenvalue weighted by Gasteiger charge is -2.17. The van der Waals surface area contributed by atoms with Gasteiger partial charge >= 0.3 is 11.9 Å². The number of carbonyl (C=O) groups is 3. The molecule has 2 aliphatic rings. The number of hydrogen-bond acceptors (Lipinski definition) is 3. The Kier molecular flexibility index (Phi) is 2.35. The third-order valence-corrected chi connectivity index (χ3v) is 2.81. The Morgan fingerprint density at radius 3 is 2.47 bits per heavy atom. The minimum Gasteiger partial charge on any atom is -0.480 e. The maximum Gasteiger partial charge on any atom is 0.335 e. The molecule has 0 unspecified atom stereocenters. The quantitative estimate of drug-likeness (QED) is 0.586. The van der Waals surface area contributed by atoms with E-state index in [4.69, 9.17) is 10.2 Å². The largest absolute Gasteiger partial charge is 0.480 e. The van der Waals surface area contributed by atoms with E-state index in [0.717, 1.165) is 0 Å². The van der Waals surface area contributed by atoms with Crippen molar-refractivity contribution in [1.82, 2.24) is 5.32 Å². The van der Waals surface area contributed by atoms with Crippen LogP contribution in [0, 0.1) is 5.41 Å². The summed E-state index contributed by atoms with van der Waals surface area (Å²) in [4.78, 5) is 34.1. The van der Waals surface area contributed by atoms with Crippen LogP contribution >= 0.6 is 0 Å². The van der Waals surface area contributed by atoms with Gasteiger partial charge in [-0.15, -0.1) is 0 Å². The Morgan fingerprint density at radius 2 is 1.88 bits per heavy atom. The lowest BCUT2D eigenvalue weighted by Crippen LogP contribution is -2.47. The fourth-order valence-electron chi connectivity index (χ4n) is 1.97. The topological polar surface area (TPSA) is 104 Å². The summed E-state index contributed by atoms with van der Waals surface area (Å²) in [6, 6.07) is 0. The predicted molar refractivity (Wildman–Crippen MR) is 55.8 cm³/mol. The highest BCUT2D eigenvalue weighted by molar-refractivity contribution is 6.24. The Balaban J connectivity index is 2.66. The molecule has 0 aromatic carbocycles. The summed E-state index contributed by atoms with van der Waals surface area (Å²) in [7, 11) is 0. The molecule has 1 amide bonds. The molecular weight excluding hydrogens is 226 g/mol. The van der Waals surface area contributed by atoms with E-state index in [1.807, 2.05) is 0 Å². The molecule has 88 valence electrons. The maximum absolute atomic E-state index is 11.7. The molecule has 1 aliphatic heterocycles. The monoisotopic (exact) mass is 235 g/mol. The number of amides is 1. The van der Waals surface area contributed by atoms with E-state index in [9.17, 15) is 14.4 Å². The van der Waals surface area contributed by atoms with Crippen LogP contribution in [-0.4, -0.2) is 28.1 Å². The van der Waals surface area contributed by atoms with Gasteiger partial charge in [0.2, 0.25) is 0 Å². The van der Waals surface area contributed by atoms with Gasteiger partial charge in [-0.1, -0.05) is 24.3 Å². The highest BCUT2D eigenvalue weighted by Crippen LogP contribution is 2.38. The van der Waals surface area contributed by atoms with Gasteiger partial charge in [0.15, 0.2) is 0 Å². The summed E-state index contributed by atoms with van der Waals surface area (Å²) in [5.41, 5.74) is -2.21. The van der Waals surface area contributed by atoms with Crippen LogP contribution in [0.25, 0.3) is 0 Å². The molecule has 0 aromatic heterocycles. The van der Waals surface area contributed by atoms with Crippen molar-refractivity contribution in [2.45, 2.75) is 6.42 Å². The molecule has 0 saturated carbocycles. The zero-order valence-electron chi connectivity index (χ0n) is 8.64. The van der Waals surface area contributed by atoms with Gasteiger partial charge < -0.3 is 15.5 Å². The second kappa shape index (κ2) is 3.58. The van der Waals surface area contributed by atoms with E-state index in [2.05, 4.69) is 5.32 Å². The van der Waals surface area contributed by atoms with Gasteiger partial charge in [-0.05, 0) is 0 Å². The van der Waals surface area contributed by atoms with Crippen molar-refractivity contribution < 1.29 is 24.6 Å². The van der Waals surface area contributed by atoms with Crippen LogP contribution in [0.15, 0.2) is 35.6 Å². The van der Waals surface area contributed by atoms with E-state index in [0.29, 0.717) is 12.1 Å². The number of carboxylic acid groups (broad SMARTS) is 2. The lowest BCUT2D eigenvalue weighted by atomic mass is 9.80. The summed E-state index contributed by atoms with van der Waals surface area (Å²) in [6.45, 7) is 0. The molecule has 3 N–H and O–H groups in total. The Labute approximate surface area is 95.9 Å². The first-order valence-corrected chi connectivity index (χ1v) is 4.86. The first-order valence-electron chi connectivity index (χ1n) is 4.86. The molecule has 0 saturated heterocycles. The van der Waals surface area contributed by atoms with Crippen LogP contribution in [-0.2, 0) is 14.4 Å². The summed E-state index contributed by atoms with van der Waals surface area (Å²) in [5.74, 6) is -4.39. The smallest absolute Gasteiger partial charge is 0.335 e. The summed E-state index contributed by atoms with van der Waals surface area (Å²) >= 11 is 0. The number of rotatable bonds is 2. The van der Waals surface area contributed by atoms with Gasteiger partial charge in [0.1, 0.15) is 0 Å². The van der Waals surface area contributed by atoms with Crippen LogP contribution in [0.2, 0.25) is 0 Å². The van der Waals surface area contributed by atoms with Gasteiger partial charge in [0, 0.05) is 17.7 Å². The van der Waals surface area contributed by atoms with Crippen LogP contribution in [0.3, 0.4) is 0 Å². The first kappa shape index (κ1) is 11.1. The Hall–Kier alpha value is -2.37. The number of allylic oxidation sites excluding steroid dienone is 4. The number of hydrogen-bond donors (Lipinski definition) is 3. The molecule has 0 atom stereocenters. The van der Waals surface area contributed by atoms with Crippen molar-refractivity contribution in [3.63, 3.8) is 0 Å². The molecular formula is C11H9NO5. The fourth-order valence-corrected chi connectivity index (χ4v) is 1.97. The average molecular weight is 235 g/mol. The molecule has 0 spiro atoms. The zero-order valence-corrected chi connectivity index (χ0v) is 8.64. The highest BCUT2D eigenvalue weighted by atomic mass is 16.4.